The summed E-state index contributed by atoms with van der Waals surface area (Å²) < 4.78 is 5.32. The van der Waals surface area contributed by atoms with E-state index in [0.717, 1.165) is 25.2 Å². The Morgan fingerprint density at radius 1 is 1.58 bits per heavy atom. The summed E-state index contributed by atoms with van der Waals surface area (Å²) in [6, 6.07) is 0. The SMILES string of the molecule is CC1(C)[C@H]2CC=C(C=NNC(=O)[C@@H]3CCCO3)[C@H]1C2. The van der Waals surface area contributed by atoms with Crippen LogP contribution in [0.25, 0.3) is 0 Å². The first-order valence-corrected chi connectivity index (χ1v) is 7.23. The maximum absolute atomic E-state index is 11.7. The third-order valence-electron chi connectivity index (χ3n) is 5.12. The van der Waals surface area contributed by atoms with Crippen molar-refractivity contribution < 1.29 is 9.53 Å². The molecular formula is C15H22N2O2. The minimum absolute atomic E-state index is 0.115. The summed E-state index contributed by atoms with van der Waals surface area (Å²) in [5.74, 6) is 1.32. The van der Waals surface area contributed by atoms with Gasteiger partial charge in [-0.2, -0.15) is 5.10 Å². The minimum Gasteiger partial charge on any atom is -0.368 e. The van der Waals surface area contributed by atoms with Gasteiger partial charge >= 0.3 is 0 Å². The summed E-state index contributed by atoms with van der Waals surface area (Å²) >= 11 is 0. The highest BCUT2D eigenvalue weighted by Crippen LogP contribution is 2.58. The van der Waals surface area contributed by atoms with Crippen LogP contribution in [0.4, 0.5) is 0 Å². The second-order valence-electron chi connectivity index (χ2n) is 6.48. The normalized spacial score (nSPS) is 35.9. The standard InChI is InChI=1S/C15H22N2O2/c1-15(2)11-6-5-10(12(15)8-11)9-16-17-14(18)13-4-3-7-19-13/h5,9,11-13H,3-4,6-8H2,1-2H3,(H,17,18)/t11-,12+,13-/m0/s1. The van der Waals surface area contributed by atoms with Crippen molar-refractivity contribution in [3.05, 3.63) is 11.6 Å². The van der Waals surface area contributed by atoms with E-state index in [0.29, 0.717) is 17.9 Å². The summed E-state index contributed by atoms with van der Waals surface area (Å²) in [6.07, 6.45) is 7.98. The van der Waals surface area contributed by atoms with Crippen LogP contribution < -0.4 is 5.43 Å². The first-order chi connectivity index (χ1) is 9.09. The van der Waals surface area contributed by atoms with Gasteiger partial charge in [-0.25, -0.2) is 5.43 Å². The zero-order valence-corrected chi connectivity index (χ0v) is 11.7. The van der Waals surface area contributed by atoms with Crippen LogP contribution in [0.15, 0.2) is 16.8 Å². The van der Waals surface area contributed by atoms with Crippen LogP contribution in [-0.4, -0.2) is 24.8 Å². The second-order valence-corrected chi connectivity index (χ2v) is 6.48. The molecule has 104 valence electrons. The Bertz CT molecular complexity index is 433. The molecule has 1 aliphatic heterocycles. The molecule has 2 bridgehead atoms. The van der Waals surface area contributed by atoms with Crippen LogP contribution in [0.3, 0.4) is 0 Å². The number of nitrogens with zero attached hydrogens (tertiary/aromatic N) is 1. The van der Waals surface area contributed by atoms with Crippen molar-refractivity contribution >= 4 is 12.1 Å². The largest absolute Gasteiger partial charge is 0.368 e. The number of amides is 1. The van der Waals surface area contributed by atoms with Crippen molar-refractivity contribution in [1.29, 1.82) is 0 Å². The molecule has 3 aliphatic carbocycles. The second kappa shape index (κ2) is 4.75. The third-order valence-corrected chi connectivity index (χ3v) is 5.12. The Kier molecular flexibility index (Phi) is 3.21. The van der Waals surface area contributed by atoms with Crippen LogP contribution in [-0.2, 0) is 9.53 Å². The van der Waals surface area contributed by atoms with Crippen molar-refractivity contribution in [2.75, 3.05) is 6.61 Å². The lowest BCUT2D eigenvalue weighted by Gasteiger charge is -2.55. The average Bonchev–Trinajstić information content (AvgIpc) is 2.92. The fraction of sp³-hybridized carbons (Fsp3) is 0.733. The fourth-order valence-electron chi connectivity index (χ4n) is 3.57. The molecule has 19 heavy (non-hydrogen) atoms. The summed E-state index contributed by atoms with van der Waals surface area (Å²) in [6.45, 7) is 5.35. The molecule has 1 heterocycles. The Balaban J connectivity index is 1.55. The Hall–Kier alpha value is -1.16. The fourth-order valence-corrected chi connectivity index (χ4v) is 3.57. The van der Waals surface area contributed by atoms with Gasteiger partial charge in [-0.3, -0.25) is 4.79 Å². The van der Waals surface area contributed by atoms with Crippen molar-refractivity contribution in [2.24, 2.45) is 22.4 Å². The van der Waals surface area contributed by atoms with E-state index in [9.17, 15) is 4.79 Å². The zero-order valence-electron chi connectivity index (χ0n) is 11.7. The molecule has 0 aromatic heterocycles. The predicted octanol–water partition coefficient (Wildman–Crippen LogP) is 2.26. The summed E-state index contributed by atoms with van der Waals surface area (Å²) in [4.78, 5) is 11.7. The molecule has 0 spiro atoms. The van der Waals surface area contributed by atoms with E-state index in [4.69, 9.17) is 4.74 Å². The summed E-state index contributed by atoms with van der Waals surface area (Å²) in [5, 5.41) is 4.11. The van der Waals surface area contributed by atoms with E-state index in [1.165, 1.54) is 12.0 Å². The maximum Gasteiger partial charge on any atom is 0.269 e. The number of hydrogen-bond acceptors (Lipinski definition) is 3. The monoisotopic (exact) mass is 262 g/mol. The molecule has 0 unspecified atom stereocenters. The lowest BCUT2D eigenvalue weighted by atomic mass is 9.49. The Morgan fingerprint density at radius 3 is 3.05 bits per heavy atom. The van der Waals surface area contributed by atoms with Gasteiger partial charge in [0.25, 0.3) is 5.91 Å². The molecule has 3 atom stereocenters. The van der Waals surface area contributed by atoms with E-state index in [-0.39, 0.29) is 12.0 Å². The molecule has 1 saturated carbocycles. The highest BCUT2D eigenvalue weighted by molar-refractivity contribution is 5.84. The topological polar surface area (TPSA) is 50.7 Å². The van der Waals surface area contributed by atoms with Crippen LogP contribution >= 0.6 is 0 Å². The third kappa shape index (κ3) is 2.22. The van der Waals surface area contributed by atoms with E-state index in [1.807, 2.05) is 6.21 Å². The highest BCUT2D eigenvalue weighted by atomic mass is 16.5. The van der Waals surface area contributed by atoms with Crippen molar-refractivity contribution in [3.8, 4) is 0 Å². The van der Waals surface area contributed by atoms with Gasteiger partial charge in [0.1, 0.15) is 6.10 Å². The van der Waals surface area contributed by atoms with Crippen LogP contribution in [0.2, 0.25) is 0 Å². The molecular weight excluding hydrogens is 240 g/mol. The maximum atomic E-state index is 11.7. The molecule has 4 rings (SSSR count). The molecule has 2 fully saturated rings. The number of nitrogens with one attached hydrogen (secondary N) is 1. The van der Waals surface area contributed by atoms with E-state index < -0.39 is 0 Å². The molecule has 4 heteroatoms. The van der Waals surface area contributed by atoms with Gasteiger partial charge in [0.2, 0.25) is 0 Å². The number of hydrazone groups is 1. The van der Waals surface area contributed by atoms with Crippen molar-refractivity contribution in [3.63, 3.8) is 0 Å². The predicted molar refractivity (Wildman–Crippen MR) is 73.7 cm³/mol. The Morgan fingerprint density at radius 2 is 2.42 bits per heavy atom. The number of hydrogen-bond donors (Lipinski definition) is 1. The van der Waals surface area contributed by atoms with Gasteiger partial charge < -0.3 is 4.74 Å². The smallest absolute Gasteiger partial charge is 0.269 e. The number of allylic oxidation sites excluding steroid dienone is 2. The molecule has 4 aliphatic rings. The molecule has 1 N–H and O–H groups in total. The number of carbonyl (C=O) groups is 1. The number of ether oxygens (including phenoxy) is 1. The summed E-state index contributed by atoms with van der Waals surface area (Å²) in [7, 11) is 0. The van der Waals surface area contributed by atoms with Crippen LogP contribution in [0.5, 0.6) is 0 Å². The van der Waals surface area contributed by atoms with Crippen LogP contribution in [0, 0.1) is 17.3 Å². The lowest BCUT2D eigenvalue weighted by Crippen LogP contribution is -2.48. The molecule has 0 aromatic carbocycles. The molecule has 1 amide bonds. The zero-order chi connectivity index (χ0) is 13.5. The lowest BCUT2D eigenvalue weighted by molar-refractivity contribution is -0.130. The highest BCUT2D eigenvalue weighted by Gasteiger charge is 2.50. The van der Waals surface area contributed by atoms with Crippen molar-refractivity contribution in [1.82, 2.24) is 5.43 Å². The first kappa shape index (κ1) is 12.9. The first-order valence-electron chi connectivity index (χ1n) is 7.23. The van der Waals surface area contributed by atoms with Gasteiger partial charge in [0.05, 0.1) is 6.21 Å². The van der Waals surface area contributed by atoms with E-state index in [2.05, 4.69) is 30.5 Å². The Labute approximate surface area is 114 Å². The minimum atomic E-state index is -0.304. The average molecular weight is 262 g/mol. The number of carbonyl (C=O) groups excluding carboxylic acids is 1. The molecule has 0 radical (unpaired) electrons. The van der Waals surface area contributed by atoms with Gasteiger partial charge in [0.15, 0.2) is 0 Å². The molecule has 1 saturated heterocycles. The molecule has 0 aromatic rings. The summed E-state index contributed by atoms with van der Waals surface area (Å²) in [5.41, 5.74) is 4.28. The van der Waals surface area contributed by atoms with E-state index in [1.54, 1.807) is 0 Å². The number of rotatable bonds is 3. The van der Waals surface area contributed by atoms with E-state index >= 15 is 0 Å². The van der Waals surface area contributed by atoms with Crippen LogP contribution in [0.1, 0.15) is 39.5 Å². The quantitative estimate of drug-likeness (QED) is 0.626. The van der Waals surface area contributed by atoms with Gasteiger partial charge in [-0.1, -0.05) is 19.9 Å². The van der Waals surface area contributed by atoms with Gasteiger partial charge in [-0.15, -0.1) is 0 Å². The van der Waals surface area contributed by atoms with Gasteiger partial charge in [0, 0.05) is 6.61 Å². The number of fused-ring (bicyclic) bond motifs is 1. The van der Waals surface area contributed by atoms with Gasteiger partial charge in [-0.05, 0) is 48.5 Å². The molecule has 4 nitrogen and oxygen atoms in total. The van der Waals surface area contributed by atoms with Crippen molar-refractivity contribution in [2.45, 2.75) is 45.6 Å².